The summed E-state index contributed by atoms with van der Waals surface area (Å²) in [5.74, 6) is 0.324. The maximum atomic E-state index is 10.9. The molecule has 0 spiro atoms. The molecule has 74 valence electrons. The van der Waals surface area contributed by atoms with E-state index in [4.69, 9.17) is 4.74 Å². The second kappa shape index (κ2) is 5.01. The van der Waals surface area contributed by atoms with Gasteiger partial charge in [0.15, 0.2) is 0 Å². The molecule has 4 nitrogen and oxygen atoms in total. The van der Waals surface area contributed by atoms with Crippen LogP contribution in [0.3, 0.4) is 0 Å². The third-order valence-electron chi connectivity index (χ3n) is 1.62. The summed E-state index contributed by atoms with van der Waals surface area (Å²) in [7, 11) is 1.55. The largest absolute Gasteiger partial charge is 0.481 e. The van der Waals surface area contributed by atoms with Crippen molar-refractivity contribution in [3.63, 3.8) is 0 Å². The van der Waals surface area contributed by atoms with Crippen LogP contribution in [0, 0.1) is 0 Å². The topological polar surface area (TPSA) is 51.2 Å². The first kappa shape index (κ1) is 10.2. The first-order valence-electron chi connectivity index (χ1n) is 4.16. The van der Waals surface area contributed by atoms with Crippen molar-refractivity contribution < 1.29 is 9.53 Å². The molecule has 0 aliphatic rings. The van der Waals surface area contributed by atoms with Gasteiger partial charge in [-0.3, -0.25) is 4.79 Å². The van der Waals surface area contributed by atoms with Crippen molar-refractivity contribution in [2.45, 2.75) is 6.54 Å². The summed E-state index contributed by atoms with van der Waals surface area (Å²) >= 11 is 0. The molecule has 1 amide bonds. The number of methoxy groups -OCH3 is 1. The van der Waals surface area contributed by atoms with Gasteiger partial charge < -0.3 is 10.1 Å². The summed E-state index contributed by atoms with van der Waals surface area (Å²) < 4.78 is 4.94. The van der Waals surface area contributed by atoms with Gasteiger partial charge in [0.05, 0.1) is 19.3 Å². The van der Waals surface area contributed by atoms with Crippen LogP contribution in [0.25, 0.3) is 0 Å². The molecule has 0 fully saturated rings. The molecule has 0 atom stereocenters. The van der Waals surface area contributed by atoms with Crippen molar-refractivity contribution >= 4 is 5.91 Å². The van der Waals surface area contributed by atoms with Gasteiger partial charge in [0.1, 0.15) is 0 Å². The lowest BCUT2D eigenvalue weighted by atomic mass is 10.3. The van der Waals surface area contributed by atoms with Crippen LogP contribution in [0.15, 0.2) is 30.9 Å². The Balaban J connectivity index is 2.58. The fourth-order valence-electron chi connectivity index (χ4n) is 0.920. The minimum absolute atomic E-state index is 0.213. The summed E-state index contributed by atoms with van der Waals surface area (Å²) in [5, 5.41) is 2.62. The van der Waals surface area contributed by atoms with Crippen LogP contribution in [0.1, 0.15) is 5.69 Å². The third-order valence-corrected chi connectivity index (χ3v) is 1.62. The van der Waals surface area contributed by atoms with Crippen LogP contribution in [0.5, 0.6) is 5.88 Å². The maximum absolute atomic E-state index is 10.9. The maximum Gasteiger partial charge on any atom is 0.243 e. The Morgan fingerprint density at radius 2 is 2.50 bits per heavy atom. The Morgan fingerprint density at radius 1 is 1.71 bits per heavy atom. The fourth-order valence-corrected chi connectivity index (χ4v) is 0.920. The van der Waals surface area contributed by atoms with Crippen molar-refractivity contribution in [3.8, 4) is 5.88 Å². The normalized spacial score (nSPS) is 9.21. The van der Waals surface area contributed by atoms with Crippen molar-refractivity contribution in [1.82, 2.24) is 10.3 Å². The monoisotopic (exact) mass is 192 g/mol. The van der Waals surface area contributed by atoms with Crippen molar-refractivity contribution in [3.05, 3.63) is 36.5 Å². The summed E-state index contributed by atoms with van der Waals surface area (Å²) in [6.07, 6.45) is 1.22. The van der Waals surface area contributed by atoms with E-state index in [9.17, 15) is 4.79 Å². The molecule has 1 aromatic rings. The molecular weight excluding hydrogens is 180 g/mol. The Hall–Kier alpha value is -1.84. The standard InChI is InChI=1S/C10H12N2O2/c1-3-9(13)11-7-8-5-4-6-10(12-8)14-2/h3-6H,1,7H2,2H3,(H,11,13). The average molecular weight is 192 g/mol. The molecule has 0 aliphatic heterocycles. The highest BCUT2D eigenvalue weighted by atomic mass is 16.5. The van der Waals surface area contributed by atoms with Crippen LogP contribution in [0.4, 0.5) is 0 Å². The summed E-state index contributed by atoms with van der Waals surface area (Å²) in [5.41, 5.74) is 0.750. The third kappa shape index (κ3) is 2.90. The predicted octanol–water partition coefficient (Wildman–Crippen LogP) is 0.892. The van der Waals surface area contributed by atoms with Gasteiger partial charge in [-0.2, -0.15) is 0 Å². The second-order valence-corrected chi connectivity index (χ2v) is 2.59. The van der Waals surface area contributed by atoms with E-state index in [-0.39, 0.29) is 5.91 Å². The lowest BCUT2D eigenvalue weighted by molar-refractivity contribution is -0.116. The number of nitrogens with one attached hydrogen (secondary N) is 1. The first-order valence-corrected chi connectivity index (χ1v) is 4.16. The average Bonchev–Trinajstić information content (AvgIpc) is 2.26. The van der Waals surface area contributed by atoms with E-state index in [1.807, 2.05) is 12.1 Å². The van der Waals surface area contributed by atoms with Gasteiger partial charge in [0.25, 0.3) is 0 Å². The van der Waals surface area contributed by atoms with Gasteiger partial charge in [-0.05, 0) is 12.1 Å². The molecule has 0 saturated heterocycles. The van der Waals surface area contributed by atoms with Crippen molar-refractivity contribution in [1.29, 1.82) is 0 Å². The van der Waals surface area contributed by atoms with Gasteiger partial charge in [-0.25, -0.2) is 4.98 Å². The van der Waals surface area contributed by atoms with Gasteiger partial charge >= 0.3 is 0 Å². The van der Waals surface area contributed by atoms with Gasteiger partial charge in [0.2, 0.25) is 11.8 Å². The quantitative estimate of drug-likeness (QED) is 0.721. The van der Waals surface area contributed by atoms with Crippen LogP contribution in [-0.4, -0.2) is 18.0 Å². The number of nitrogens with zero attached hydrogens (tertiary/aromatic N) is 1. The van der Waals surface area contributed by atoms with Gasteiger partial charge in [0, 0.05) is 6.07 Å². The number of amides is 1. The van der Waals surface area contributed by atoms with Crippen LogP contribution in [0.2, 0.25) is 0 Å². The molecule has 4 heteroatoms. The fraction of sp³-hybridized carbons (Fsp3) is 0.200. The number of hydrogen-bond donors (Lipinski definition) is 1. The number of ether oxygens (including phenoxy) is 1. The SMILES string of the molecule is C=CC(=O)NCc1cccc(OC)n1. The number of hydrogen-bond acceptors (Lipinski definition) is 3. The highest BCUT2D eigenvalue weighted by Crippen LogP contribution is 2.05. The van der Waals surface area contributed by atoms with Crippen LogP contribution < -0.4 is 10.1 Å². The summed E-state index contributed by atoms with van der Waals surface area (Å²) in [6, 6.07) is 5.38. The summed E-state index contributed by atoms with van der Waals surface area (Å²) in [4.78, 5) is 15.0. The van der Waals surface area contributed by atoms with E-state index in [1.54, 1.807) is 13.2 Å². The number of carbonyl (C=O) groups is 1. The van der Waals surface area contributed by atoms with Crippen molar-refractivity contribution in [2.75, 3.05) is 7.11 Å². The number of aromatic nitrogens is 1. The minimum atomic E-state index is -0.213. The molecule has 1 aromatic heterocycles. The number of pyridine rings is 1. The number of rotatable bonds is 4. The second-order valence-electron chi connectivity index (χ2n) is 2.59. The van der Waals surface area contributed by atoms with E-state index in [2.05, 4.69) is 16.9 Å². The Labute approximate surface area is 82.6 Å². The van der Waals surface area contributed by atoms with Crippen LogP contribution >= 0.6 is 0 Å². The van der Waals surface area contributed by atoms with Gasteiger partial charge in [-0.1, -0.05) is 12.6 Å². The number of carbonyl (C=O) groups excluding carboxylic acids is 1. The van der Waals surface area contributed by atoms with E-state index in [0.29, 0.717) is 12.4 Å². The molecule has 0 radical (unpaired) electrons. The highest BCUT2D eigenvalue weighted by Gasteiger charge is 1.98. The smallest absolute Gasteiger partial charge is 0.243 e. The zero-order valence-electron chi connectivity index (χ0n) is 7.99. The van der Waals surface area contributed by atoms with Crippen molar-refractivity contribution in [2.24, 2.45) is 0 Å². The minimum Gasteiger partial charge on any atom is -0.481 e. The summed E-state index contributed by atoms with van der Waals surface area (Å²) in [6.45, 7) is 3.73. The molecule has 0 aliphatic carbocycles. The van der Waals surface area contributed by atoms with E-state index in [0.717, 1.165) is 5.69 Å². The van der Waals surface area contributed by atoms with E-state index >= 15 is 0 Å². The molecule has 0 bridgehead atoms. The molecule has 14 heavy (non-hydrogen) atoms. The molecule has 1 rings (SSSR count). The van der Waals surface area contributed by atoms with E-state index in [1.165, 1.54) is 6.08 Å². The molecule has 0 aromatic carbocycles. The zero-order valence-corrected chi connectivity index (χ0v) is 7.99. The molecular formula is C10H12N2O2. The predicted molar refractivity (Wildman–Crippen MR) is 52.8 cm³/mol. The Morgan fingerprint density at radius 3 is 3.14 bits per heavy atom. The highest BCUT2D eigenvalue weighted by molar-refractivity contribution is 5.86. The van der Waals surface area contributed by atoms with Crippen LogP contribution in [-0.2, 0) is 11.3 Å². The zero-order chi connectivity index (χ0) is 10.4. The molecule has 0 unspecified atom stereocenters. The Bertz CT molecular complexity index is 337. The lowest BCUT2D eigenvalue weighted by Gasteiger charge is -2.03. The first-order chi connectivity index (χ1) is 6.76. The lowest BCUT2D eigenvalue weighted by Crippen LogP contribution is -2.20. The van der Waals surface area contributed by atoms with E-state index < -0.39 is 0 Å². The van der Waals surface area contributed by atoms with Gasteiger partial charge in [-0.15, -0.1) is 0 Å². The molecule has 1 N–H and O–H groups in total. The molecule has 1 heterocycles. The molecule has 0 saturated carbocycles. The Kier molecular flexibility index (Phi) is 3.67.